The summed E-state index contributed by atoms with van der Waals surface area (Å²) in [6.07, 6.45) is 1.45. The van der Waals surface area contributed by atoms with E-state index >= 15 is 0 Å². The molecule has 0 spiro atoms. The fraction of sp³-hybridized carbons (Fsp3) is 0.130. The Labute approximate surface area is 178 Å². The van der Waals surface area contributed by atoms with Gasteiger partial charge in [-0.1, -0.05) is 17.7 Å². The summed E-state index contributed by atoms with van der Waals surface area (Å²) in [4.78, 5) is 36.8. The first-order valence-electron chi connectivity index (χ1n) is 9.40. The van der Waals surface area contributed by atoms with E-state index < -0.39 is 16.7 Å². The highest BCUT2D eigenvalue weighted by Gasteiger charge is 2.17. The van der Waals surface area contributed by atoms with Crippen molar-refractivity contribution < 1.29 is 18.9 Å². The molecule has 0 saturated heterocycles. The number of benzene rings is 2. The van der Waals surface area contributed by atoms with Crippen LogP contribution in [0.5, 0.6) is 0 Å². The van der Waals surface area contributed by atoms with Gasteiger partial charge in [0.25, 0.3) is 17.5 Å². The predicted molar refractivity (Wildman–Crippen MR) is 116 cm³/mol. The molecule has 0 bridgehead atoms. The monoisotopic (exact) mass is 419 g/mol. The van der Waals surface area contributed by atoms with Gasteiger partial charge in [-0.25, -0.2) is 0 Å². The number of nitrogens with zero attached hydrogens (tertiary/aromatic N) is 2. The van der Waals surface area contributed by atoms with E-state index in [2.05, 4.69) is 5.32 Å². The second kappa shape index (κ2) is 9.08. The van der Waals surface area contributed by atoms with E-state index in [1.54, 1.807) is 50.5 Å². The summed E-state index contributed by atoms with van der Waals surface area (Å²) in [5, 5.41) is 13.5. The van der Waals surface area contributed by atoms with E-state index in [-0.39, 0.29) is 11.4 Å². The third kappa shape index (κ3) is 5.24. The van der Waals surface area contributed by atoms with Crippen molar-refractivity contribution in [2.45, 2.75) is 6.92 Å². The van der Waals surface area contributed by atoms with Gasteiger partial charge in [-0.15, -0.1) is 0 Å². The standard InChI is InChI=1S/C23H21N3O5/c1-15-4-6-17(7-5-15)22(27)24-20(23(28)25(2)3)14-19-12-13-21(31-19)16-8-10-18(11-9-16)26(29)30/h4-14H,1-3H3,(H,24,27). The van der Waals surface area contributed by atoms with Crippen LogP contribution < -0.4 is 5.32 Å². The number of rotatable bonds is 6. The van der Waals surface area contributed by atoms with Crippen molar-refractivity contribution in [2.24, 2.45) is 0 Å². The van der Waals surface area contributed by atoms with Crippen LogP contribution in [-0.4, -0.2) is 35.7 Å². The van der Waals surface area contributed by atoms with Crippen LogP contribution in [0.3, 0.4) is 0 Å². The number of aryl methyl sites for hydroxylation is 1. The molecule has 8 heteroatoms. The number of non-ortho nitro benzene ring substituents is 1. The molecule has 0 aliphatic heterocycles. The van der Waals surface area contributed by atoms with Crippen LogP contribution in [0.15, 0.2) is 70.8 Å². The Morgan fingerprint density at radius 2 is 1.65 bits per heavy atom. The molecule has 0 fully saturated rings. The molecule has 2 aromatic carbocycles. The fourth-order valence-electron chi connectivity index (χ4n) is 2.77. The van der Waals surface area contributed by atoms with Crippen LogP contribution in [0.1, 0.15) is 21.7 Å². The normalized spacial score (nSPS) is 11.1. The molecule has 0 saturated carbocycles. The SMILES string of the molecule is Cc1ccc(C(=O)NC(=Cc2ccc(-c3ccc([N+](=O)[O-])cc3)o2)C(=O)N(C)C)cc1. The average Bonchev–Trinajstić information content (AvgIpc) is 3.21. The number of furan rings is 1. The Morgan fingerprint density at radius 3 is 2.23 bits per heavy atom. The first-order valence-corrected chi connectivity index (χ1v) is 9.40. The molecule has 1 N–H and O–H groups in total. The second-order valence-corrected chi connectivity index (χ2v) is 7.08. The van der Waals surface area contributed by atoms with E-state index in [4.69, 9.17) is 4.42 Å². The van der Waals surface area contributed by atoms with Gasteiger partial charge < -0.3 is 14.6 Å². The molecule has 31 heavy (non-hydrogen) atoms. The third-order valence-corrected chi connectivity index (χ3v) is 4.47. The van der Waals surface area contributed by atoms with Crippen molar-refractivity contribution >= 4 is 23.6 Å². The molecule has 0 aliphatic rings. The Balaban J connectivity index is 1.87. The van der Waals surface area contributed by atoms with E-state index in [0.717, 1.165) is 5.56 Å². The maximum atomic E-state index is 12.6. The summed E-state index contributed by atoms with van der Waals surface area (Å²) >= 11 is 0. The Hall–Kier alpha value is -4.20. The summed E-state index contributed by atoms with van der Waals surface area (Å²) in [5.74, 6) is 0.0165. The van der Waals surface area contributed by atoms with Gasteiger partial charge in [-0.2, -0.15) is 0 Å². The molecule has 2 amide bonds. The minimum absolute atomic E-state index is 0.0203. The number of amides is 2. The fourth-order valence-corrected chi connectivity index (χ4v) is 2.77. The van der Waals surface area contributed by atoms with E-state index in [9.17, 15) is 19.7 Å². The lowest BCUT2D eigenvalue weighted by atomic mass is 10.1. The minimum Gasteiger partial charge on any atom is -0.457 e. The number of carbonyl (C=O) groups excluding carboxylic acids is 2. The number of hydrogen-bond donors (Lipinski definition) is 1. The van der Waals surface area contributed by atoms with E-state index in [1.165, 1.54) is 23.1 Å². The second-order valence-electron chi connectivity index (χ2n) is 7.08. The minimum atomic E-state index is -0.476. The number of nitro benzene ring substituents is 1. The molecule has 0 radical (unpaired) electrons. The zero-order valence-corrected chi connectivity index (χ0v) is 17.3. The van der Waals surface area contributed by atoms with Gasteiger partial charge >= 0.3 is 0 Å². The molecular formula is C23H21N3O5. The molecular weight excluding hydrogens is 398 g/mol. The van der Waals surface area contributed by atoms with Crippen LogP contribution in [-0.2, 0) is 4.79 Å². The van der Waals surface area contributed by atoms with Crippen molar-refractivity contribution in [1.82, 2.24) is 10.2 Å². The third-order valence-electron chi connectivity index (χ3n) is 4.47. The molecule has 0 unspecified atom stereocenters. The van der Waals surface area contributed by atoms with Crippen molar-refractivity contribution in [2.75, 3.05) is 14.1 Å². The molecule has 1 aromatic heterocycles. The number of nitrogens with one attached hydrogen (secondary N) is 1. The highest BCUT2D eigenvalue weighted by molar-refractivity contribution is 6.05. The van der Waals surface area contributed by atoms with Crippen LogP contribution >= 0.6 is 0 Å². The highest BCUT2D eigenvalue weighted by atomic mass is 16.6. The van der Waals surface area contributed by atoms with Gasteiger partial charge in [0.1, 0.15) is 17.2 Å². The van der Waals surface area contributed by atoms with E-state index in [0.29, 0.717) is 22.6 Å². The molecule has 8 nitrogen and oxygen atoms in total. The summed E-state index contributed by atoms with van der Waals surface area (Å²) in [7, 11) is 3.16. The summed E-state index contributed by atoms with van der Waals surface area (Å²) in [6, 6.07) is 16.3. The van der Waals surface area contributed by atoms with Crippen molar-refractivity contribution in [1.29, 1.82) is 0 Å². The molecule has 1 heterocycles. The lowest BCUT2D eigenvalue weighted by Crippen LogP contribution is -2.34. The van der Waals surface area contributed by atoms with E-state index in [1.807, 2.05) is 19.1 Å². The summed E-state index contributed by atoms with van der Waals surface area (Å²) < 4.78 is 5.77. The molecule has 0 aliphatic carbocycles. The van der Waals surface area contributed by atoms with Crippen LogP contribution in [0.25, 0.3) is 17.4 Å². The van der Waals surface area contributed by atoms with Crippen molar-refractivity contribution in [3.8, 4) is 11.3 Å². The smallest absolute Gasteiger partial charge is 0.269 e. The number of nitro groups is 1. The predicted octanol–water partition coefficient (Wildman–Crippen LogP) is 4.02. The van der Waals surface area contributed by atoms with Crippen molar-refractivity contribution in [3.05, 3.63) is 93.4 Å². The Kier molecular flexibility index (Phi) is 6.30. The van der Waals surface area contributed by atoms with Gasteiger partial charge in [0, 0.05) is 43.4 Å². The topological polar surface area (TPSA) is 106 Å². The molecule has 3 aromatic rings. The lowest BCUT2D eigenvalue weighted by Gasteiger charge is -2.14. The Bertz CT molecular complexity index is 1140. The average molecular weight is 419 g/mol. The maximum absolute atomic E-state index is 12.6. The zero-order chi connectivity index (χ0) is 22.5. The van der Waals surface area contributed by atoms with Gasteiger partial charge in [0.2, 0.25) is 0 Å². The Morgan fingerprint density at radius 1 is 1.00 bits per heavy atom. The van der Waals surface area contributed by atoms with Gasteiger partial charge in [0.15, 0.2) is 0 Å². The van der Waals surface area contributed by atoms with Crippen LogP contribution in [0, 0.1) is 17.0 Å². The van der Waals surface area contributed by atoms with Crippen molar-refractivity contribution in [3.63, 3.8) is 0 Å². The first kappa shape index (κ1) is 21.5. The maximum Gasteiger partial charge on any atom is 0.269 e. The number of likely N-dealkylation sites (N-methyl/N-ethyl adjacent to an activating group) is 1. The quantitative estimate of drug-likeness (QED) is 0.369. The number of carbonyl (C=O) groups is 2. The highest BCUT2D eigenvalue weighted by Crippen LogP contribution is 2.25. The number of hydrogen-bond acceptors (Lipinski definition) is 5. The van der Waals surface area contributed by atoms with Crippen LogP contribution in [0.2, 0.25) is 0 Å². The molecule has 158 valence electrons. The zero-order valence-electron chi connectivity index (χ0n) is 17.3. The van der Waals surface area contributed by atoms with Gasteiger partial charge in [-0.05, 0) is 43.3 Å². The summed E-state index contributed by atoms with van der Waals surface area (Å²) in [6.45, 7) is 1.92. The molecule has 0 atom stereocenters. The largest absolute Gasteiger partial charge is 0.457 e. The lowest BCUT2D eigenvalue weighted by molar-refractivity contribution is -0.384. The van der Waals surface area contributed by atoms with Gasteiger partial charge in [-0.3, -0.25) is 19.7 Å². The summed E-state index contributed by atoms with van der Waals surface area (Å²) in [5.41, 5.74) is 2.13. The van der Waals surface area contributed by atoms with Gasteiger partial charge in [0.05, 0.1) is 4.92 Å². The van der Waals surface area contributed by atoms with Crippen LogP contribution in [0.4, 0.5) is 5.69 Å². The molecule has 3 rings (SSSR count). The first-order chi connectivity index (χ1) is 14.7.